The molecule has 1 fully saturated rings. The molecule has 0 bridgehead atoms. The summed E-state index contributed by atoms with van der Waals surface area (Å²) in [6, 6.07) is 0. The number of morpholine rings is 1. The van der Waals surface area contributed by atoms with Gasteiger partial charge in [0.1, 0.15) is 25.2 Å². The summed E-state index contributed by atoms with van der Waals surface area (Å²) in [6.45, 7) is 12.4. The molecule has 0 atom stereocenters. The summed E-state index contributed by atoms with van der Waals surface area (Å²) in [5, 5.41) is 9.54. The van der Waals surface area contributed by atoms with Crippen molar-refractivity contribution < 1.29 is 14.3 Å². The van der Waals surface area contributed by atoms with E-state index < -0.39 is 5.60 Å². The molecule has 1 heterocycles. The predicted molar refractivity (Wildman–Crippen MR) is 64.8 cm³/mol. The molecule has 0 aromatic rings. The van der Waals surface area contributed by atoms with Gasteiger partial charge in [0.15, 0.2) is 0 Å². The van der Waals surface area contributed by atoms with Gasteiger partial charge in [0.05, 0.1) is 19.8 Å². The standard InChI is InChI=1S/C13H22NO2/c1-4-7-14(9-11-16-12-10-14)8-5-6-13(2,3)15/h4,15H,1,7-12H2,2-3H3/q+1. The van der Waals surface area contributed by atoms with Crippen molar-refractivity contribution in [1.82, 2.24) is 0 Å². The molecule has 90 valence electrons. The first-order valence-corrected chi connectivity index (χ1v) is 5.74. The molecule has 1 aliphatic heterocycles. The maximum absolute atomic E-state index is 9.54. The average molecular weight is 224 g/mol. The molecule has 0 aromatic carbocycles. The van der Waals surface area contributed by atoms with Gasteiger partial charge in [0.2, 0.25) is 0 Å². The fraction of sp³-hybridized carbons (Fsp3) is 0.692. The zero-order valence-electron chi connectivity index (χ0n) is 10.3. The monoisotopic (exact) mass is 224 g/mol. The van der Waals surface area contributed by atoms with Crippen LogP contribution in [0.2, 0.25) is 0 Å². The largest absolute Gasteiger partial charge is 0.378 e. The molecule has 1 rings (SSSR count). The first-order chi connectivity index (χ1) is 7.47. The van der Waals surface area contributed by atoms with Crippen LogP contribution in [-0.4, -0.2) is 54.6 Å². The van der Waals surface area contributed by atoms with Crippen LogP contribution in [0, 0.1) is 11.8 Å². The quantitative estimate of drug-likeness (QED) is 0.436. The third-order valence-corrected chi connectivity index (χ3v) is 2.75. The van der Waals surface area contributed by atoms with Crippen LogP contribution in [0.25, 0.3) is 0 Å². The van der Waals surface area contributed by atoms with Crippen molar-refractivity contribution in [3.63, 3.8) is 0 Å². The van der Waals surface area contributed by atoms with Crippen LogP contribution in [0.5, 0.6) is 0 Å². The number of nitrogens with zero attached hydrogens (tertiary/aromatic N) is 1. The van der Waals surface area contributed by atoms with E-state index in [9.17, 15) is 5.11 Å². The minimum Gasteiger partial charge on any atom is -0.378 e. The first-order valence-electron chi connectivity index (χ1n) is 5.74. The van der Waals surface area contributed by atoms with E-state index in [1.807, 2.05) is 6.08 Å². The highest BCUT2D eigenvalue weighted by Gasteiger charge is 2.28. The molecule has 1 saturated heterocycles. The van der Waals surface area contributed by atoms with Crippen molar-refractivity contribution in [3.05, 3.63) is 12.7 Å². The summed E-state index contributed by atoms with van der Waals surface area (Å²) < 4.78 is 6.28. The van der Waals surface area contributed by atoms with Gasteiger partial charge in [-0.25, -0.2) is 0 Å². The molecule has 0 aromatic heterocycles. The Balaban J connectivity index is 2.62. The van der Waals surface area contributed by atoms with Gasteiger partial charge in [0, 0.05) is 0 Å². The van der Waals surface area contributed by atoms with Crippen LogP contribution >= 0.6 is 0 Å². The zero-order chi connectivity index (χ0) is 12.1. The molecule has 0 spiro atoms. The molecule has 1 N–H and O–H groups in total. The van der Waals surface area contributed by atoms with Crippen LogP contribution in [-0.2, 0) is 4.74 Å². The Morgan fingerprint density at radius 1 is 1.44 bits per heavy atom. The minimum atomic E-state index is -0.898. The molecule has 16 heavy (non-hydrogen) atoms. The number of quaternary nitrogens is 1. The number of aliphatic hydroxyl groups is 1. The molecule has 0 radical (unpaired) electrons. The van der Waals surface area contributed by atoms with E-state index in [0.29, 0.717) is 0 Å². The van der Waals surface area contributed by atoms with Gasteiger partial charge in [-0.05, 0) is 25.8 Å². The van der Waals surface area contributed by atoms with Crippen molar-refractivity contribution in [1.29, 1.82) is 0 Å². The van der Waals surface area contributed by atoms with Crippen molar-refractivity contribution in [2.45, 2.75) is 19.4 Å². The van der Waals surface area contributed by atoms with Crippen molar-refractivity contribution >= 4 is 0 Å². The smallest absolute Gasteiger partial charge is 0.141 e. The molecule has 0 aliphatic carbocycles. The van der Waals surface area contributed by atoms with Gasteiger partial charge in [-0.15, -0.1) is 0 Å². The van der Waals surface area contributed by atoms with E-state index >= 15 is 0 Å². The van der Waals surface area contributed by atoms with E-state index in [0.717, 1.165) is 43.9 Å². The summed E-state index contributed by atoms with van der Waals surface area (Å²) in [5.74, 6) is 5.96. The highest BCUT2D eigenvalue weighted by atomic mass is 16.5. The third-order valence-electron chi connectivity index (χ3n) is 2.75. The van der Waals surface area contributed by atoms with Gasteiger partial charge >= 0.3 is 0 Å². The highest BCUT2D eigenvalue weighted by Crippen LogP contribution is 2.11. The SMILES string of the molecule is C=CC[N+]1(CC#CC(C)(C)O)CCOCC1. The van der Waals surface area contributed by atoms with Gasteiger partial charge in [-0.1, -0.05) is 12.5 Å². The molecule has 1 aliphatic rings. The Labute approximate surface area is 98.3 Å². The normalized spacial score (nSPS) is 19.7. The van der Waals surface area contributed by atoms with Crippen LogP contribution in [0.1, 0.15) is 13.8 Å². The Morgan fingerprint density at radius 2 is 2.06 bits per heavy atom. The Morgan fingerprint density at radius 3 is 2.56 bits per heavy atom. The number of rotatable bonds is 3. The molecule has 0 saturated carbocycles. The minimum absolute atomic E-state index is 0.763. The lowest BCUT2D eigenvalue weighted by molar-refractivity contribution is -0.923. The fourth-order valence-electron chi connectivity index (χ4n) is 1.83. The number of ether oxygens (including phenoxy) is 1. The maximum atomic E-state index is 9.54. The molecular formula is C13H22NO2+. The van der Waals surface area contributed by atoms with Gasteiger partial charge < -0.3 is 14.3 Å². The Kier molecular flexibility index (Phi) is 4.55. The maximum Gasteiger partial charge on any atom is 0.141 e. The third kappa shape index (κ3) is 4.36. The molecular weight excluding hydrogens is 202 g/mol. The summed E-state index contributed by atoms with van der Waals surface area (Å²) >= 11 is 0. The molecule has 3 heteroatoms. The second-order valence-electron chi connectivity index (χ2n) is 4.89. The highest BCUT2D eigenvalue weighted by molar-refractivity contribution is 5.10. The Hall–Kier alpha value is -0.820. The molecule has 0 unspecified atom stereocenters. The van der Waals surface area contributed by atoms with Crippen LogP contribution in [0.3, 0.4) is 0 Å². The summed E-state index contributed by atoms with van der Waals surface area (Å²) in [7, 11) is 0. The lowest BCUT2D eigenvalue weighted by Gasteiger charge is -2.39. The van der Waals surface area contributed by atoms with Gasteiger partial charge in [-0.2, -0.15) is 0 Å². The predicted octanol–water partition coefficient (Wildman–Crippen LogP) is 0.794. The summed E-state index contributed by atoms with van der Waals surface area (Å²) in [5.41, 5.74) is -0.898. The summed E-state index contributed by atoms with van der Waals surface area (Å²) in [6.07, 6.45) is 1.94. The van der Waals surface area contributed by atoms with Crippen LogP contribution in [0.15, 0.2) is 12.7 Å². The van der Waals surface area contributed by atoms with Crippen molar-refractivity contribution in [2.75, 3.05) is 39.4 Å². The summed E-state index contributed by atoms with van der Waals surface area (Å²) in [4.78, 5) is 0. The molecule has 0 amide bonds. The zero-order valence-corrected chi connectivity index (χ0v) is 10.3. The van der Waals surface area contributed by atoms with Gasteiger partial charge in [0.25, 0.3) is 0 Å². The second kappa shape index (κ2) is 5.49. The first kappa shape index (κ1) is 13.2. The van der Waals surface area contributed by atoms with E-state index in [1.54, 1.807) is 13.8 Å². The van der Waals surface area contributed by atoms with Crippen molar-refractivity contribution in [2.24, 2.45) is 0 Å². The van der Waals surface area contributed by atoms with E-state index in [4.69, 9.17) is 4.74 Å². The lowest BCUT2D eigenvalue weighted by Crippen LogP contribution is -2.55. The molecule has 3 nitrogen and oxygen atoms in total. The lowest BCUT2D eigenvalue weighted by atomic mass is 10.1. The van der Waals surface area contributed by atoms with E-state index in [1.165, 1.54) is 0 Å². The van der Waals surface area contributed by atoms with Crippen molar-refractivity contribution in [3.8, 4) is 11.8 Å². The Bertz CT molecular complexity index is 287. The van der Waals surface area contributed by atoms with Crippen LogP contribution in [0.4, 0.5) is 0 Å². The fourth-order valence-corrected chi connectivity index (χ4v) is 1.83. The second-order valence-corrected chi connectivity index (χ2v) is 4.89. The number of hydrogen-bond acceptors (Lipinski definition) is 2. The average Bonchev–Trinajstić information content (AvgIpc) is 2.17. The topological polar surface area (TPSA) is 29.5 Å². The van der Waals surface area contributed by atoms with E-state index in [-0.39, 0.29) is 0 Å². The number of hydrogen-bond donors (Lipinski definition) is 1. The van der Waals surface area contributed by atoms with E-state index in [2.05, 4.69) is 18.4 Å². The van der Waals surface area contributed by atoms with Crippen LogP contribution < -0.4 is 0 Å². The van der Waals surface area contributed by atoms with Gasteiger partial charge in [-0.3, -0.25) is 0 Å².